The van der Waals surface area contributed by atoms with Crippen LogP contribution in [0.5, 0.6) is 0 Å². The smallest absolute Gasteiger partial charge is 0.149 e. The van der Waals surface area contributed by atoms with E-state index in [4.69, 9.17) is 0 Å². The molecule has 0 amide bonds. The number of H-pyrrole nitrogens is 1. The lowest BCUT2D eigenvalue weighted by atomic mass is 10.2. The first kappa shape index (κ1) is 7.55. The van der Waals surface area contributed by atoms with Crippen molar-refractivity contribution in [2.75, 3.05) is 13.1 Å². The van der Waals surface area contributed by atoms with E-state index in [1.165, 1.54) is 0 Å². The zero-order chi connectivity index (χ0) is 9.38. The Morgan fingerprint density at radius 2 is 2.14 bits per heavy atom. The summed E-state index contributed by atoms with van der Waals surface area (Å²) in [5, 5.41) is 11.6. The molecule has 1 aromatic carbocycles. The number of para-hydroxylation sites is 1. The second kappa shape index (κ2) is 2.83. The Morgan fingerprint density at radius 3 is 3.00 bits per heavy atom. The molecule has 0 aliphatic carbocycles. The lowest BCUT2D eigenvalue weighted by Gasteiger charge is -1.96. The van der Waals surface area contributed by atoms with Gasteiger partial charge in [-0.05, 0) is 6.07 Å². The number of aromatic nitrogens is 2. The van der Waals surface area contributed by atoms with Gasteiger partial charge in [0.25, 0.3) is 0 Å². The molecular formula is C10H10N4. The molecule has 2 N–H and O–H groups in total. The average Bonchev–Trinajstić information content (AvgIpc) is 2.85. The Bertz CT molecular complexity index is 498. The first-order valence-corrected chi connectivity index (χ1v) is 4.67. The first-order valence-electron chi connectivity index (χ1n) is 4.67. The molecule has 3 rings (SSSR count). The molecule has 0 bridgehead atoms. The maximum Gasteiger partial charge on any atom is 0.149 e. The number of hydrogen-bond donors (Lipinski definition) is 2. The highest BCUT2D eigenvalue weighted by Crippen LogP contribution is 2.15. The first-order chi connectivity index (χ1) is 6.95. The molecule has 0 saturated carbocycles. The summed E-state index contributed by atoms with van der Waals surface area (Å²) >= 11 is 0. The van der Waals surface area contributed by atoms with E-state index in [0.29, 0.717) is 0 Å². The van der Waals surface area contributed by atoms with Crippen LogP contribution in [0.4, 0.5) is 0 Å². The molecule has 0 radical (unpaired) electrons. The van der Waals surface area contributed by atoms with Crippen molar-refractivity contribution >= 4 is 16.7 Å². The zero-order valence-electron chi connectivity index (χ0n) is 7.62. The molecule has 1 aromatic heterocycles. The summed E-state index contributed by atoms with van der Waals surface area (Å²) in [6, 6.07) is 8.07. The number of hydrogen-bond acceptors (Lipinski definition) is 3. The summed E-state index contributed by atoms with van der Waals surface area (Å²) in [4.78, 5) is 4.35. The fraction of sp³-hybridized carbons (Fsp3) is 0.200. The molecule has 0 spiro atoms. The van der Waals surface area contributed by atoms with E-state index in [1.807, 2.05) is 18.2 Å². The second-order valence-electron chi connectivity index (χ2n) is 3.27. The normalized spacial score (nSPS) is 15.6. The Kier molecular flexibility index (Phi) is 1.53. The van der Waals surface area contributed by atoms with Gasteiger partial charge in [-0.15, -0.1) is 0 Å². The van der Waals surface area contributed by atoms with Crippen LogP contribution in [0.25, 0.3) is 10.9 Å². The predicted molar refractivity (Wildman–Crippen MR) is 55.5 cm³/mol. The molecule has 1 aliphatic rings. The number of aromatic amines is 1. The topological polar surface area (TPSA) is 53.1 Å². The third kappa shape index (κ3) is 1.00. The van der Waals surface area contributed by atoms with E-state index in [9.17, 15) is 0 Å². The summed E-state index contributed by atoms with van der Waals surface area (Å²) in [6.45, 7) is 1.76. The summed E-state index contributed by atoms with van der Waals surface area (Å²) in [5.74, 6) is 0.905. The van der Waals surface area contributed by atoms with Gasteiger partial charge >= 0.3 is 0 Å². The fourth-order valence-corrected chi connectivity index (χ4v) is 1.70. The molecule has 0 atom stereocenters. The number of nitrogens with one attached hydrogen (secondary N) is 2. The lowest BCUT2D eigenvalue weighted by molar-refractivity contribution is 0.957. The van der Waals surface area contributed by atoms with Crippen molar-refractivity contribution in [1.82, 2.24) is 15.5 Å². The van der Waals surface area contributed by atoms with Crippen LogP contribution in [0.2, 0.25) is 0 Å². The van der Waals surface area contributed by atoms with Crippen LogP contribution in [0.1, 0.15) is 5.69 Å². The van der Waals surface area contributed by atoms with Gasteiger partial charge in [0.15, 0.2) is 0 Å². The van der Waals surface area contributed by atoms with Gasteiger partial charge in [-0.2, -0.15) is 5.10 Å². The molecule has 0 saturated heterocycles. The summed E-state index contributed by atoms with van der Waals surface area (Å²) in [6.07, 6.45) is 0. The number of benzene rings is 1. The average molecular weight is 186 g/mol. The van der Waals surface area contributed by atoms with Crippen molar-refractivity contribution in [3.63, 3.8) is 0 Å². The Morgan fingerprint density at radius 1 is 1.21 bits per heavy atom. The number of aliphatic imine (C=N–C) groups is 1. The third-order valence-electron chi connectivity index (χ3n) is 2.37. The quantitative estimate of drug-likeness (QED) is 0.695. The molecule has 4 nitrogen and oxygen atoms in total. The van der Waals surface area contributed by atoms with Crippen LogP contribution in [0.15, 0.2) is 29.3 Å². The van der Waals surface area contributed by atoms with E-state index in [-0.39, 0.29) is 0 Å². The van der Waals surface area contributed by atoms with Gasteiger partial charge in [-0.1, -0.05) is 18.2 Å². The van der Waals surface area contributed by atoms with Crippen LogP contribution in [-0.4, -0.2) is 29.1 Å². The third-order valence-corrected chi connectivity index (χ3v) is 2.37. The molecule has 1 aliphatic heterocycles. The monoisotopic (exact) mass is 186 g/mol. The van der Waals surface area contributed by atoms with E-state index < -0.39 is 0 Å². The molecule has 70 valence electrons. The largest absolute Gasteiger partial charge is 0.367 e. The fourth-order valence-electron chi connectivity index (χ4n) is 1.70. The van der Waals surface area contributed by atoms with Gasteiger partial charge in [-0.3, -0.25) is 10.1 Å². The molecule has 14 heavy (non-hydrogen) atoms. The van der Waals surface area contributed by atoms with Gasteiger partial charge in [0, 0.05) is 11.9 Å². The molecular weight excluding hydrogens is 176 g/mol. The molecule has 4 heteroatoms. The van der Waals surface area contributed by atoms with Crippen LogP contribution < -0.4 is 5.32 Å². The van der Waals surface area contributed by atoms with Gasteiger partial charge < -0.3 is 5.32 Å². The van der Waals surface area contributed by atoms with Gasteiger partial charge in [0.1, 0.15) is 11.5 Å². The van der Waals surface area contributed by atoms with Crippen molar-refractivity contribution in [3.05, 3.63) is 30.0 Å². The van der Waals surface area contributed by atoms with E-state index in [2.05, 4.69) is 26.6 Å². The van der Waals surface area contributed by atoms with Crippen molar-refractivity contribution < 1.29 is 0 Å². The van der Waals surface area contributed by atoms with Crippen molar-refractivity contribution in [3.8, 4) is 0 Å². The highest BCUT2D eigenvalue weighted by atomic mass is 15.2. The predicted octanol–water partition coefficient (Wildman–Crippen LogP) is 0.913. The van der Waals surface area contributed by atoms with E-state index in [0.717, 1.165) is 35.5 Å². The van der Waals surface area contributed by atoms with Crippen molar-refractivity contribution in [2.24, 2.45) is 4.99 Å². The number of nitrogens with zero attached hydrogens (tertiary/aromatic N) is 2. The van der Waals surface area contributed by atoms with Crippen LogP contribution in [0, 0.1) is 0 Å². The minimum atomic E-state index is 0.844. The number of rotatable bonds is 1. The standard InChI is InChI=1S/C10H10N4/c1-2-4-8-7(3-1)9(14-13-8)10-11-5-6-12-10/h1-4H,5-6H2,(H,11,12)(H,13,14). The molecule has 0 unspecified atom stereocenters. The molecule has 2 heterocycles. The SMILES string of the molecule is c1ccc2c(C3=NCCN3)n[nH]c2c1. The highest BCUT2D eigenvalue weighted by Gasteiger charge is 2.13. The van der Waals surface area contributed by atoms with Crippen LogP contribution in [-0.2, 0) is 0 Å². The van der Waals surface area contributed by atoms with Crippen molar-refractivity contribution in [2.45, 2.75) is 0 Å². The summed E-state index contributed by atoms with van der Waals surface area (Å²) < 4.78 is 0. The maximum absolute atomic E-state index is 4.35. The molecule has 0 fully saturated rings. The summed E-state index contributed by atoms with van der Waals surface area (Å²) in [7, 11) is 0. The zero-order valence-corrected chi connectivity index (χ0v) is 7.62. The van der Waals surface area contributed by atoms with E-state index in [1.54, 1.807) is 0 Å². The van der Waals surface area contributed by atoms with Crippen LogP contribution >= 0.6 is 0 Å². The Hall–Kier alpha value is -1.84. The highest BCUT2D eigenvalue weighted by molar-refractivity contribution is 6.08. The maximum atomic E-state index is 4.35. The second-order valence-corrected chi connectivity index (χ2v) is 3.27. The number of fused-ring (bicyclic) bond motifs is 1. The van der Waals surface area contributed by atoms with Gasteiger partial charge in [-0.25, -0.2) is 0 Å². The van der Waals surface area contributed by atoms with Gasteiger partial charge in [0.05, 0.1) is 12.1 Å². The number of amidine groups is 1. The minimum Gasteiger partial charge on any atom is -0.367 e. The van der Waals surface area contributed by atoms with Crippen LogP contribution in [0.3, 0.4) is 0 Å². The van der Waals surface area contributed by atoms with E-state index >= 15 is 0 Å². The Balaban J connectivity index is 2.21. The van der Waals surface area contributed by atoms with Crippen molar-refractivity contribution in [1.29, 1.82) is 0 Å². The lowest BCUT2D eigenvalue weighted by Crippen LogP contribution is -2.19. The summed E-state index contributed by atoms with van der Waals surface area (Å²) in [5.41, 5.74) is 1.98. The molecule has 2 aromatic rings. The Labute approximate surface area is 81.0 Å². The van der Waals surface area contributed by atoms with Gasteiger partial charge in [0.2, 0.25) is 0 Å². The minimum absolute atomic E-state index is 0.844.